The summed E-state index contributed by atoms with van der Waals surface area (Å²) in [7, 11) is -4.35. The Morgan fingerprint density at radius 1 is 1.17 bits per heavy atom. The van der Waals surface area contributed by atoms with Crippen LogP contribution in [-0.4, -0.2) is 25.1 Å². The van der Waals surface area contributed by atoms with Crippen molar-refractivity contribution in [1.82, 2.24) is 0 Å². The van der Waals surface area contributed by atoms with Gasteiger partial charge < -0.3 is 0 Å². The fourth-order valence-electron chi connectivity index (χ4n) is 2.08. The zero-order valence-electron chi connectivity index (χ0n) is 12.5. The number of nitro benzene ring substituents is 1. The van der Waals surface area contributed by atoms with Crippen LogP contribution in [0.2, 0.25) is 0 Å². The Labute approximate surface area is 143 Å². The van der Waals surface area contributed by atoms with Crippen LogP contribution in [-0.2, 0) is 14.8 Å². The van der Waals surface area contributed by atoms with Crippen molar-refractivity contribution < 1.29 is 18.1 Å². The van der Waals surface area contributed by atoms with Crippen LogP contribution >= 0.6 is 11.6 Å². The highest BCUT2D eigenvalue weighted by atomic mass is 35.5. The molecule has 7 nitrogen and oxygen atoms in total. The number of aryl methyl sites for hydroxylation is 1. The number of halogens is 1. The first kappa shape index (κ1) is 17.9. The second kappa shape index (κ2) is 6.98. The summed E-state index contributed by atoms with van der Waals surface area (Å²) in [6.45, 7) is 1.18. The van der Waals surface area contributed by atoms with Gasteiger partial charge in [0.2, 0.25) is 5.24 Å². The highest BCUT2D eigenvalue weighted by Gasteiger charge is 2.32. The summed E-state index contributed by atoms with van der Waals surface area (Å²) in [5, 5.41) is 10.2. The number of anilines is 1. The molecule has 0 unspecified atom stereocenters. The molecule has 0 spiro atoms. The van der Waals surface area contributed by atoms with Crippen LogP contribution in [0.25, 0.3) is 0 Å². The van der Waals surface area contributed by atoms with E-state index in [1.165, 1.54) is 24.3 Å². The molecule has 0 bridgehead atoms. The second-order valence-corrected chi connectivity index (χ2v) is 7.18. The molecule has 0 fully saturated rings. The number of nitrogens with zero attached hydrogens (tertiary/aromatic N) is 2. The maximum atomic E-state index is 12.9. The van der Waals surface area contributed by atoms with Crippen LogP contribution in [0.4, 0.5) is 11.4 Å². The standard InChI is InChI=1S/C15H13ClN2O5S/c1-11-6-8-12(9-7-11)17(10-15(16)19)24(22,23)14-5-3-2-4-13(14)18(20)21/h2-9H,10H2,1H3. The molecule has 126 valence electrons. The number of carbonyl (C=O) groups excluding carboxylic acids is 1. The smallest absolute Gasteiger partial charge is 0.279 e. The van der Waals surface area contributed by atoms with Crippen molar-refractivity contribution in [3.63, 3.8) is 0 Å². The second-order valence-electron chi connectivity index (χ2n) is 4.93. The minimum atomic E-state index is -4.35. The number of benzene rings is 2. The van der Waals surface area contributed by atoms with Gasteiger partial charge in [0, 0.05) is 6.07 Å². The van der Waals surface area contributed by atoms with E-state index in [9.17, 15) is 23.3 Å². The summed E-state index contributed by atoms with van der Waals surface area (Å²) in [4.78, 5) is 21.1. The molecule has 0 N–H and O–H groups in total. The van der Waals surface area contributed by atoms with Crippen LogP contribution in [0.5, 0.6) is 0 Å². The summed E-state index contributed by atoms with van der Waals surface area (Å²) in [5.41, 5.74) is 0.503. The minimum absolute atomic E-state index is 0.188. The maximum absolute atomic E-state index is 12.9. The van der Waals surface area contributed by atoms with Crippen molar-refractivity contribution in [2.45, 2.75) is 11.8 Å². The van der Waals surface area contributed by atoms with Crippen molar-refractivity contribution in [2.75, 3.05) is 10.8 Å². The summed E-state index contributed by atoms with van der Waals surface area (Å²) in [5.74, 6) is 0. The predicted octanol–water partition coefficient (Wildman–Crippen LogP) is 2.86. The van der Waals surface area contributed by atoms with Crippen LogP contribution < -0.4 is 4.31 Å². The Balaban J connectivity index is 2.62. The van der Waals surface area contributed by atoms with Gasteiger partial charge >= 0.3 is 0 Å². The van der Waals surface area contributed by atoms with E-state index in [-0.39, 0.29) is 5.69 Å². The first-order valence-electron chi connectivity index (χ1n) is 6.74. The van der Waals surface area contributed by atoms with Gasteiger partial charge in [0.1, 0.15) is 6.54 Å². The van der Waals surface area contributed by atoms with Gasteiger partial charge in [-0.15, -0.1) is 0 Å². The lowest BCUT2D eigenvalue weighted by Crippen LogP contribution is -2.34. The Bertz CT molecular complexity index is 881. The summed E-state index contributed by atoms with van der Waals surface area (Å²) >= 11 is 5.37. The van der Waals surface area contributed by atoms with Crippen molar-refractivity contribution in [3.05, 3.63) is 64.2 Å². The maximum Gasteiger partial charge on any atom is 0.289 e. The molecular weight excluding hydrogens is 356 g/mol. The number of rotatable bonds is 6. The lowest BCUT2D eigenvalue weighted by Gasteiger charge is -2.22. The lowest BCUT2D eigenvalue weighted by atomic mass is 10.2. The molecule has 2 aromatic carbocycles. The third kappa shape index (κ3) is 3.72. The quantitative estimate of drug-likeness (QED) is 0.443. The molecule has 9 heteroatoms. The van der Waals surface area contributed by atoms with E-state index in [1.54, 1.807) is 12.1 Å². The average Bonchev–Trinajstić information content (AvgIpc) is 2.53. The molecular formula is C15H13ClN2O5S. The van der Waals surface area contributed by atoms with Gasteiger partial charge in [-0.3, -0.25) is 19.2 Å². The molecule has 0 aliphatic rings. The van der Waals surface area contributed by atoms with Crippen molar-refractivity contribution >= 4 is 38.2 Å². The van der Waals surface area contributed by atoms with Crippen LogP contribution in [0, 0.1) is 17.0 Å². The van der Waals surface area contributed by atoms with E-state index in [4.69, 9.17) is 11.6 Å². The van der Waals surface area contributed by atoms with E-state index in [0.29, 0.717) is 0 Å². The molecule has 0 amide bonds. The molecule has 0 aliphatic carbocycles. The molecule has 0 aliphatic heterocycles. The molecule has 0 aromatic heterocycles. The average molecular weight is 369 g/mol. The first-order valence-corrected chi connectivity index (χ1v) is 8.56. The van der Waals surface area contributed by atoms with Gasteiger partial charge in [-0.05, 0) is 36.7 Å². The zero-order valence-corrected chi connectivity index (χ0v) is 14.1. The highest BCUT2D eigenvalue weighted by Crippen LogP contribution is 2.30. The SMILES string of the molecule is Cc1ccc(N(CC(=O)Cl)S(=O)(=O)c2ccccc2[N+](=O)[O-])cc1. The minimum Gasteiger partial charge on any atom is -0.279 e. The van der Waals surface area contributed by atoms with Gasteiger partial charge in [0.25, 0.3) is 15.7 Å². The van der Waals surface area contributed by atoms with Crippen LogP contribution in [0.1, 0.15) is 5.56 Å². The normalized spacial score (nSPS) is 11.1. The van der Waals surface area contributed by atoms with Gasteiger partial charge in [0.05, 0.1) is 10.6 Å². The fraction of sp³-hybridized carbons (Fsp3) is 0.133. The Kier molecular flexibility index (Phi) is 5.20. The molecule has 2 rings (SSSR count). The topological polar surface area (TPSA) is 97.6 Å². The Hall–Kier alpha value is -2.45. The third-order valence-corrected chi connectivity index (χ3v) is 5.16. The zero-order chi connectivity index (χ0) is 17.9. The molecule has 0 saturated heterocycles. The number of carbonyl (C=O) groups is 1. The van der Waals surface area contributed by atoms with E-state index in [1.807, 2.05) is 6.92 Å². The van der Waals surface area contributed by atoms with Gasteiger partial charge in [-0.25, -0.2) is 8.42 Å². The van der Waals surface area contributed by atoms with E-state index in [2.05, 4.69) is 0 Å². The Morgan fingerprint density at radius 3 is 2.29 bits per heavy atom. The monoisotopic (exact) mass is 368 g/mol. The molecule has 2 aromatic rings. The van der Waals surface area contributed by atoms with Gasteiger partial charge in [-0.2, -0.15) is 0 Å². The number of nitro groups is 1. The van der Waals surface area contributed by atoms with Crippen molar-refractivity contribution in [3.8, 4) is 0 Å². The summed E-state index contributed by atoms with van der Waals surface area (Å²) in [6, 6.07) is 11.3. The predicted molar refractivity (Wildman–Crippen MR) is 89.7 cm³/mol. The summed E-state index contributed by atoms with van der Waals surface area (Å²) < 4.78 is 26.5. The van der Waals surface area contributed by atoms with Crippen LogP contribution in [0.3, 0.4) is 0 Å². The van der Waals surface area contributed by atoms with E-state index in [0.717, 1.165) is 22.0 Å². The van der Waals surface area contributed by atoms with Gasteiger partial charge in [-0.1, -0.05) is 29.8 Å². The Morgan fingerprint density at radius 2 is 1.75 bits per heavy atom. The van der Waals surface area contributed by atoms with Crippen molar-refractivity contribution in [1.29, 1.82) is 0 Å². The number of para-hydroxylation sites is 1. The lowest BCUT2D eigenvalue weighted by molar-refractivity contribution is -0.387. The number of hydrogen-bond donors (Lipinski definition) is 0. The van der Waals surface area contributed by atoms with Crippen LogP contribution in [0.15, 0.2) is 53.4 Å². The molecule has 0 atom stereocenters. The third-order valence-electron chi connectivity index (χ3n) is 3.22. The molecule has 24 heavy (non-hydrogen) atoms. The number of sulfonamides is 1. The van der Waals surface area contributed by atoms with Crippen molar-refractivity contribution in [2.24, 2.45) is 0 Å². The highest BCUT2D eigenvalue weighted by molar-refractivity contribution is 7.93. The van der Waals surface area contributed by atoms with E-state index >= 15 is 0 Å². The molecule has 0 saturated carbocycles. The summed E-state index contributed by atoms with van der Waals surface area (Å²) in [6.07, 6.45) is 0. The van der Waals surface area contributed by atoms with E-state index < -0.39 is 37.3 Å². The fourth-order valence-corrected chi connectivity index (χ4v) is 3.86. The molecule has 0 radical (unpaired) electrons. The van der Waals surface area contributed by atoms with Gasteiger partial charge in [0.15, 0.2) is 4.90 Å². The largest absolute Gasteiger partial charge is 0.289 e. The number of hydrogen-bond acceptors (Lipinski definition) is 5. The molecule has 0 heterocycles. The first-order chi connectivity index (χ1) is 11.2.